The Kier molecular flexibility index (Phi) is 47.2. The Morgan fingerprint density at radius 2 is 0.744 bits per heavy atom. The summed E-state index contributed by atoms with van der Waals surface area (Å²) >= 11 is 8.13. The van der Waals surface area contributed by atoms with Crippen LogP contribution < -0.4 is 10.2 Å². The van der Waals surface area contributed by atoms with Crippen molar-refractivity contribution >= 4 is 58.3 Å². The Morgan fingerprint density at radius 1 is 0.465 bits per heavy atom. The molecule has 0 saturated heterocycles. The Morgan fingerprint density at radius 3 is 1.02 bits per heavy atom. The van der Waals surface area contributed by atoms with Gasteiger partial charge in [0.25, 0.3) is 0 Å². The third-order valence-electron chi connectivity index (χ3n) is 7.85. The van der Waals surface area contributed by atoms with Crippen molar-refractivity contribution < 1.29 is 19.8 Å². The Bertz CT molecular complexity index is 505. The molecule has 43 heavy (non-hydrogen) atoms. The molecule has 0 spiro atoms. The van der Waals surface area contributed by atoms with Gasteiger partial charge < -0.3 is 19.8 Å². The zero-order valence-electron chi connectivity index (χ0n) is 29.0. The summed E-state index contributed by atoms with van der Waals surface area (Å²) in [6.07, 6.45) is 29.6. The number of hydrogen-bond donors (Lipinski definition) is 2. The molecule has 0 rings (SSSR count). The maximum atomic E-state index is 10.6. The first-order valence-corrected chi connectivity index (χ1v) is 23.5. The fourth-order valence-electron chi connectivity index (χ4n) is 4.89. The second kappa shape index (κ2) is 42.4. The van der Waals surface area contributed by atoms with E-state index < -0.39 is 11.9 Å². The van der Waals surface area contributed by atoms with Gasteiger partial charge in [-0.3, -0.25) is 0 Å². The van der Waals surface area contributed by atoms with E-state index >= 15 is 0 Å². The summed E-state index contributed by atoms with van der Waals surface area (Å²) in [5.74, 6) is -1.13. The molecular formula is C36H72O4S2Sn. The summed E-state index contributed by atoms with van der Waals surface area (Å²) < 4.78 is 3.31. The number of carboxylic acid groups (broad SMARTS) is 2. The standard InChI is InChI=1S/2C10H20O2S.2C8H17.Sn/c2*1-2-3-4-5-6-9(7-8-13)10(11)12;2*1-3-5-7-8-6-4-2;/h2*9,13H,2-8H2,1H3,(H,11,12);2*1,3-8H2,2H3;/q;;;;+2/p-2. The van der Waals surface area contributed by atoms with E-state index in [9.17, 15) is 19.8 Å². The molecule has 0 aliphatic carbocycles. The molecule has 0 saturated carbocycles. The fourth-order valence-corrected chi connectivity index (χ4v) is 9.08. The monoisotopic (exact) mass is 752 g/mol. The number of carbonyl (C=O) groups is 2. The van der Waals surface area contributed by atoms with E-state index in [1.54, 1.807) is 21.7 Å². The van der Waals surface area contributed by atoms with Crippen molar-refractivity contribution in [2.24, 2.45) is 11.8 Å². The van der Waals surface area contributed by atoms with E-state index in [1.807, 2.05) is 0 Å². The minimum atomic E-state index is -0.912. The molecule has 0 bridgehead atoms. The number of thiol groups is 2. The number of rotatable bonds is 30. The molecule has 256 valence electrons. The molecule has 7 heteroatoms. The third-order valence-corrected chi connectivity index (χ3v) is 12.4. The molecule has 2 unspecified atom stereocenters. The van der Waals surface area contributed by atoms with Gasteiger partial charge in [0.05, 0.1) is 0 Å². The first kappa shape index (κ1) is 47.8. The summed E-state index contributed by atoms with van der Waals surface area (Å²) in [7, 11) is 0. The number of carbonyl (C=O) groups excluding carboxylic acids is 2. The van der Waals surface area contributed by atoms with E-state index in [0.717, 1.165) is 38.5 Å². The number of carboxylic acids is 2. The molecule has 0 N–H and O–H groups in total. The quantitative estimate of drug-likeness (QED) is 0.0436. The van der Waals surface area contributed by atoms with Gasteiger partial charge in [-0.1, -0.05) is 65.2 Å². The van der Waals surface area contributed by atoms with Gasteiger partial charge in [-0.15, -0.1) is 0 Å². The van der Waals surface area contributed by atoms with E-state index in [1.165, 1.54) is 89.9 Å². The molecule has 0 aromatic carbocycles. The van der Waals surface area contributed by atoms with Crippen molar-refractivity contribution in [3.8, 4) is 0 Å². The second-order valence-electron chi connectivity index (χ2n) is 12.0. The van der Waals surface area contributed by atoms with Crippen molar-refractivity contribution in [1.82, 2.24) is 0 Å². The molecule has 0 amide bonds. The van der Waals surface area contributed by atoms with Crippen LogP contribution in [0.4, 0.5) is 0 Å². The van der Waals surface area contributed by atoms with Crippen LogP contribution in [0.1, 0.15) is 182 Å². The van der Waals surface area contributed by atoms with Gasteiger partial charge in [-0.05, 0) is 49.0 Å². The van der Waals surface area contributed by atoms with Crippen LogP contribution in [0.2, 0.25) is 8.87 Å². The van der Waals surface area contributed by atoms with E-state index in [4.69, 9.17) is 0 Å². The average molecular weight is 752 g/mol. The van der Waals surface area contributed by atoms with Crippen LogP contribution in [0.3, 0.4) is 0 Å². The fraction of sp³-hybridized carbons (Fsp3) is 0.944. The van der Waals surface area contributed by atoms with Crippen molar-refractivity contribution in [2.75, 3.05) is 11.5 Å². The van der Waals surface area contributed by atoms with Crippen LogP contribution in [0.5, 0.6) is 0 Å². The van der Waals surface area contributed by atoms with Crippen molar-refractivity contribution in [2.45, 2.75) is 191 Å². The predicted octanol–water partition coefficient (Wildman–Crippen LogP) is 9.53. The van der Waals surface area contributed by atoms with Gasteiger partial charge in [0.1, 0.15) is 0 Å². The molecule has 0 radical (unpaired) electrons. The van der Waals surface area contributed by atoms with E-state index in [0.29, 0.717) is 24.3 Å². The molecular weight excluding hydrogens is 679 g/mol. The zero-order chi connectivity index (χ0) is 32.8. The van der Waals surface area contributed by atoms with Gasteiger partial charge in [0.15, 0.2) is 0 Å². The van der Waals surface area contributed by atoms with E-state index in [-0.39, 0.29) is 33.0 Å². The molecule has 0 aliphatic rings. The van der Waals surface area contributed by atoms with Crippen LogP contribution in [0, 0.1) is 11.8 Å². The minimum absolute atomic E-state index is 0.0736. The third kappa shape index (κ3) is 42.4. The van der Waals surface area contributed by atoms with Crippen molar-refractivity contribution in [1.29, 1.82) is 0 Å². The zero-order valence-corrected chi connectivity index (χ0v) is 33.6. The molecule has 0 aliphatic heterocycles. The number of hydrogen-bond acceptors (Lipinski definition) is 6. The first-order chi connectivity index (χ1) is 20.9. The molecule has 0 aromatic heterocycles. The Hall–Kier alpha value is 0.439. The van der Waals surface area contributed by atoms with Gasteiger partial charge in [-0.2, -0.15) is 25.3 Å². The Labute approximate surface area is 290 Å². The summed E-state index contributed by atoms with van der Waals surface area (Å²) in [6.45, 7) is 8.89. The van der Waals surface area contributed by atoms with Crippen LogP contribution >= 0.6 is 25.3 Å². The maximum absolute atomic E-state index is 10.6. The van der Waals surface area contributed by atoms with Crippen LogP contribution in [-0.2, 0) is 9.59 Å². The molecule has 0 heterocycles. The normalized spacial score (nSPS) is 11.9. The van der Waals surface area contributed by atoms with E-state index in [2.05, 4.69) is 53.0 Å². The second-order valence-corrected chi connectivity index (χ2v) is 17.2. The van der Waals surface area contributed by atoms with Crippen LogP contribution in [-0.4, -0.2) is 44.6 Å². The molecule has 2 atom stereocenters. The van der Waals surface area contributed by atoms with Crippen LogP contribution in [0.25, 0.3) is 0 Å². The number of unbranched alkanes of at least 4 members (excludes halogenated alkanes) is 16. The summed E-state index contributed by atoms with van der Waals surface area (Å²) in [5, 5.41) is 21.2. The van der Waals surface area contributed by atoms with Gasteiger partial charge in [-0.25, -0.2) is 0 Å². The average Bonchev–Trinajstić information content (AvgIpc) is 2.99. The van der Waals surface area contributed by atoms with Gasteiger partial charge >= 0.3 is 121 Å². The molecule has 0 fully saturated rings. The first-order valence-electron chi connectivity index (χ1n) is 18.2. The Balaban J connectivity index is -0.000000566. The summed E-state index contributed by atoms with van der Waals surface area (Å²) in [5.41, 5.74) is 0. The van der Waals surface area contributed by atoms with Gasteiger partial charge in [0.2, 0.25) is 0 Å². The topological polar surface area (TPSA) is 80.3 Å². The summed E-state index contributed by atoms with van der Waals surface area (Å²) in [4.78, 5) is 21.2. The number of aliphatic carboxylic acids is 2. The SMILES string of the molecule is CCCCCCC(CCS)C(=O)[O-].CCCCCCC(CCS)C(=O)[O-].CCCCCCC[CH2][Sn+2][CH2]CCCCCCC. The van der Waals surface area contributed by atoms with Crippen molar-refractivity contribution in [3.05, 3.63) is 0 Å². The van der Waals surface area contributed by atoms with Gasteiger partial charge in [0, 0.05) is 11.9 Å². The van der Waals surface area contributed by atoms with Crippen molar-refractivity contribution in [3.63, 3.8) is 0 Å². The molecule has 4 nitrogen and oxygen atoms in total. The molecule has 0 aromatic rings. The summed E-state index contributed by atoms with van der Waals surface area (Å²) in [6, 6.07) is 0. The predicted molar refractivity (Wildman–Crippen MR) is 194 cm³/mol. The van der Waals surface area contributed by atoms with Crippen LogP contribution in [0.15, 0.2) is 0 Å².